The first-order valence-corrected chi connectivity index (χ1v) is 21.0. The van der Waals surface area contributed by atoms with E-state index in [1.165, 1.54) is 38.9 Å². The van der Waals surface area contributed by atoms with Crippen LogP contribution in [0, 0.1) is 0 Å². The smallest absolute Gasteiger partial charge is 0.164 e. The molecule has 0 spiro atoms. The highest BCUT2D eigenvalue weighted by atomic mass is 16.3. The Morgan fingerprint density at radius 2 is 0.758 bits per heavy atom. The van der Waals surface area contributed by atoms with Gasteiger partial charge in [-0.25, -0.2) is 15.0 Å². The zero-order valence-corrected chi connectivity index (χ0v) is 33.6. The summed E-state index contributed by atoms with van der Waals surface area (Å²) >= 11 is 0. The summed E-state index contributed by atoms with van der Waals surface area (Å²) < 4.78 is 6.74. The number of rotatable bonds is 7. The summed E-state index contributed by atoms with van der Waals surface area (Å²) in [5.41, 5.74) is 15.9. The lowest BCUT2D eigenvalue weighted by Gasteiger charge is -2.33. The third kappa shape index (κ3) is 5.80. The first-order chi connectivity index (χ1) is 30.7. The summed E-state index contributed by atoms with van der Waals surface area (Å²) in [6.45, 7) is 0. The van der Waals surface area contributed by atoms with Gasteiger partial charge in [0.15, 0.2) is 17.5 Å². The van der Waals surface area contributed by atoms with E-state index in [9.17, 15) is 0 Å². The van der Waals surface area contributed by atoms with Crippen molar-refractivity contribution in [3.05, 3.63) is 247 Å². The SMILES string of the molecule is c1ccc(-c2ccc(-c3nc(-c4ccccc4)nc(-c4cccc(-c5ccc6oc7cc8c(cc7c6c5)-c5ccccc5C8(c5ccccc5)c5ccccc5)c4)n3)cc2)cc1. The molecule has 0 N–H and O–H groups in total. The summed E-state index contributed by atoms with van der Waals surface area (Å²) in [4.78, 5) is 15.1. The van der Waals surface area contributed by atoms with Crippen molar-refractivity contribution in [3.63, 3.8) is 0 Å². The van der Waals surface area contributed by atoms with Gasteiger partial charge in [-0.1, -0.05) is 194 Å². The van der Waals surface area contributed by atoms with Crippen molar-refractivity contribution in [1.82, 2.24) is 15.0 Å². The topological polar surface area (TPSA) is 51.8 Å². The van der Waals surface area contributed by atoms with Crippen molar-refractivity contribution >= 4 is 21.9 Å². The maximum absolute atomic E-state index is 6.74. The molecule has 0 atom stereocenters. The second-order valence-electron chi connectivity index (χ2n) is 15.9. The molecule has 0 amide bonds. The molecule has 9 aromatic carbocycles. The van der Waals surface area contributed by atoms with Crippen LogP contribution in [-0.4, -0.2) is 15.0 Å². The summed E-state index contributed by atoms with van der Waals surface area (Å²) in [5, 5.41) is 2.17. The molecule has 4 heteroatoms. The molecule has 0 radical (unpaired) electrons. The Hall–Kier alpha value is -8.21. The van der Waals surface area contributed by atoms with Gasteiger partial charge in [0.1, 0.15) is 11.2 Å². The van der Waals surface area contributed by atoms with Gasteiger partial charge < -0.3 is 4.42 Å². The van der Waals surface area contributed by atoms with Gasteiger partial charge in [0.25, 0.3) is 0 Å². The van der Waals surface area contributed by atoms with Gasteiger partial charge in [0.2, 0.25) is 0 Å². The summed E-state index contributed by atoms with van der Waals surface area (Å²) in [7, 11) is 0. The molecule has 2 aromatic heterocycles. The van der Waals surface area contributed by atoms with Crippen molar-refractivity contribution in [3.8, 4) is 67.5 Å². The van der Waals surface area contributed by atoms with E-state index < -0.39 is 5.41 Å². The molecule has 4 nitrogen and oxygen atoms in total. The highest BCUT2D eigenvalue weighted by molar-refractivity contribution is 6.09. The number of aromatic nitrogens is 3. The van der Waals surface area contributed by atoms with Crippen LogP contribution >= 0.6 is 0 Å². The van der Waals surface area contributed by atoms with Crippen LogP contribution in [0.25, 0.3) is 89.5 Å². The first kappa shape index (κ1) is 35.7. The Morgan fingerprint density at radius 1 is 0.290 bits per heavy atom. The highest BCUT2D eigenvalue weighted by Crippen LogP contribution is 2.57. The Labute approximate surface area is 359 Å². The van der Waals surface area contributed by atoms with Gasteiger partial charge in [-0.2, -0.15) is 0 Å². The molecule has 0 bridgehead atoms. The minimum atomic E-state index is -0.492. The van der Waals surface area contributed by atoms with Crippen LogP contribution in [0.4, 0.5) is 0 Å². The molecule has 0 aliphatic heterocycles. The highest BCUT2D eigenvalue weighted by Gasteiger charge is 2.46. The molecular formula is C58H37N3O. The number of benzene rings is 9. The van der Waals surface area contributed by atoms with Gasteiger partial charge in [0, 0.05) is 27.5 Å². The number of nitrogens with zero attached hydrogens (tertiary/aromatic N) is 3. The first-order valence-electron chi connectivity index (χ1n) is 21.0. The van der Waals surface area contributed by atoms with Crippen LogP contribution in [0.2, 0.25) is 0 Å². The quantitative estimate of drug-likeness (QED) is 0.161. The van der Waals surface area contributed by atoms with Crippen LogP contribution in [0.5, 0.6) is 0 Å². The maximum atomic E-state index is 6.74. The van der Waals surface area contributed by atoms with E-state index in [4.69, 9.17) is 19.4 Å². The van der Waals surface area contributed by atoms with Crippen LogP contribution in [0.1, 0.15) is 22.3 Å². The third-order valence-electron chi connectivity index (χ3n) is 12.4. The minimum Gasteiger partial charge on any atom is -0.456 e. The Kier molecular flexibility index (Phi) is 8.36. The summed E-state index contributed by atoms with van der Waals surface area (Å²) in [6, 6.07) is 79.2. The van der Waals surface area contributed by atoms with Crippen molar-refractivity contribution in [2.45, 2.75) is 5.41 Å². The van der Waals surface area contributed by atoms with E-state index in [1.54, 1.807) is 0 Å². The fourth-order valence-corrected chi connectivity index (χ4v) is 9.52. The Bertz CT molecular complexity index is 3390. The molecule has 0 fully saturated rings. The van der Waals surface area contributed by atoms with Gasteiger partial charge in [-0.15, -0.1) is 0 Å². The fourth-order valence-electron chi connectivity index (χ4n) is 9.52. The van der Waals surface area contributed by atoms with Crippen LogP contribution in [-0.2, 0) is 5.41 Å². The minimum absolute atomic E-state index is 0.492. The van der Waals surface area contributed by atoms with E-state index in [2.05, 4.69) is 188 Å². The number of hydrogen-bond donors (Lipinski definition) is 0. The summed E-state index contributed by atoms with van der Waals surface area (Å²) in [6.07, 6.45) is 0. The average Bonchev–Trinajstić information content (AvgIpc) is 3.86. The number of furan rings is 1. The zero-order chi connectivity index (χ0) is 41.0. The second kappa shape index (κ2) is 14.5. The molecule has 2 heterocycles. The van der Waals surface area contributed by atoms with Gasteiger partial charge in [-0.3, -0.25) is 0 Å². The molecular weight excluding hydrogens is 755 g/mol. The zero-order valence-electron chi connectivity index (χ0n) is 33.6. The second-order valence-corrected chi connectivity index (χ2v) is 15.9. The lowest BCUT2D eigenvalue weighted by molar-refractivity contribution is 0.666. The monoisotopic (exact) mass is 791 g/mol. The van der Waals surface area contributed by atoms with E-state index in [0.29, 0.717) is 17.5 Å². The molecule has 62 heavy (non-hydrogen) atoms. The van der Waals surface area contributed by atoms with Gasteiger partial charge in [0.05, 0.1) is 5.41 Å². The average molecular weight is 792 g/mol. The predicted molar refractivity (Wildman–Crippen MR) is 252 cm³/mol. The third-order valence-corrected chi connectivity index (χ3v) is 12.4. The number of hydrogen-bond acceptors (Lipinski definition) is 4. The molecule has 1 aliphatic rings. The van der Waals surface area contributed by atoms with Gasteiger partial charge >= 0.3 is 0 Å². The number of fused-ring (bicyclic) bond motifs is 6. The van der Waals surface area contributed by atoms with Crippen molar-refractivity contribution in [2.75, 3.05) is 0 Å². The lowest BCUT2D eigenvalue weighted by atomic mass is 9.67. The molecule has 290 valence electrons. The standard InChI is InChI=1S/C58H37N3O/c1-5-16-38(17-6-1)39-28-30-41(31-29-39)56-59-55(40-18-7-2-8-19-40)60-57(61-56)44-21-15-20-42(34-44)43-32-33-53-49(35-43)50-36-48-47-26-13-14-27-51(47)58(45-22-9-3-10-23-45,46-24-11-4-12-25-46)52(48)37-54(50)62-53/h1-37H. The molecule has 0 saturated heterocycles. The van der Waals surface area contributed by atoms with E-state index in [0.717, 1.165) is 55.3 Å². The molecule has 1 aliphatic carbocycles. The van der Waals surface area contributed by atoms with E-state index >= 15 is 0 Å². The van der Waals surface area contributed by atoms with Crippen LogP contribution in [0.15, 0.2) is 229 Å². The normalized spacial score (nSPS) is 12.6. The Morgan fingerprint density at radius 3 is 1.44 bits per heavy atom. The van der Waals surface area contributed by atoms with E-state index in [-0.39, 0.29) is 0 Å². The molecule has 0 saturated carbocycles. The van der Waals surface area contributed by atoms with Crippen molar-refractivity contribution in [2.24, 2.45) is 0 Å². The summed E-state index contributed by atoms with van der Waals surface area (Å²) in [5.74, 6) is 1.88. The van der Waals surface area contributed by atoms with Crippen LogP contribution in [0.3, 0.4) is 0 Å². The van der Waals surface area contributed by atoms with E-state index in [1.807, 2.05) is 36.4 Å². The van der Waals surface area contributed by atoms with Gasteiger partial charge in [-0.05, 0) is 86.0 Å². The van der Waals surface area contributed by atoms with Crippen molar-refractivity contribution in [1.29, 1.82) is 0 Å². The predicted octanol–water partition coefficient (Wildman–Crippen LogP) is 14.5. The van der Waals surface area contributed by atoms with Crippen molar-refractivity contribution < 1.29 is 4.42 Å². The van der Waals surface area contributed by atoms with Crippen LogP contribution < -0.4 is 0 Å². The molecule has 11 aromatic rings. The molecule has 12 rings (SSSR count). The maximum Gasteiger partial charge on any atom is 0.164 e. The Balaban J connectivity index is 0.972. The largest absolute Gasteiger partial charge is 0.456 e. The lowest BCUT2D eigenvalue weighted by Crippen LogP contribution is -2.28. The fraction of sp³-hybridized carbons (Fsp3) is 0.0172. The molecule has 0 unspecified atom stereocenters.